The van der Waals surface area contributed by atoms with Crippen molar-refractivity contribution < 1.29 is 10.0 Å². The van der Waals surface area contributed by atoms with Crippen LogP contribution in [0.5, 0.6) is 5.75 Å². The molecule has 0 aliphatic heterocycles. The van der Waals surface area contributed by atoms with E-state index in [2.05, 4.69) is 188 Å². The maximum Gasteiger partial charge on any atom is 0.271 e. The molecule has 0 amide bonds. The normalized spacial score (nSPS) is 11.2. The Morgan fingerprint density at radius 3 is 1.04 bits per heavy atom. The van der Waals surface area contributed by atoms with Gasteiger partial charge in [-0.25, -0.2) is 0 Å². The Balaban J connectivity index is 0.000000318. The van der Waals surface area contributed by atoms with Crippen LogP contribution < -0.4 is 36.9 Å². The Bertz CT molecular complexity index is 2040. The van der Waals surface area contributed by atoms with E-state index < -0.39 is 19.1 Å². The molecule has 0 fully saturated rings. The number of hydrogen-bond donors (Lipinski definition) is 0. The highest BCUT2D eigenvalue weighted by Gasteiger charge is 2.47. The summed E-state index contributed by atoms with van der Waals surface area (Å²) >= 11 is 3.57. The van der Waals surface area contributed by atoms with E-state index in [0.717, 1.165) is 0 Å². The molecule has 0 aliphatic rings. The van der Waals surface area contributed by atoms with Gasteiger partial charge in [0.1, 0.15) is 23.2 Å². The highest BCUT2D eigenvalue weighted by atomic mass is 127. The minimum absolute atomic E-state index is 0.0385. The van der Waals surface area contributed by atoms with E-state index in [1.807, 2.05) is 0 Å². The van der Waals surface area contributed by atoms with E-state index in [4.69, 9.17) is 0 Å². The molecule has 0 N–H and O–H groups in total. The van der Waals surface area contributed by atoms with E-state index in [1.165, 1.54) is 44.0 Å². The van der Waals surface area contributed by atoms with Crippen molar-refractivity contribution in [3.8, 4) is 5.75 Å². The zero-order chi connectivity index (χ0) is 35.7. The molecule has 0 spiro atoms. The van der Waals surface area contributed by atoms with Crippen LogP contribution in [0.1, 0.15) is 0 Å². The van der Waals surface area contributed by atoms with Crippen molar-refractivity contribution in [2.45, 2.75) is 0 Å². The molecular formula is C43H33I2NO3P2. The Labute approximate surface area is 327 Å². The van der Waals surface area contributed by atoms with Gasteiger partial charge in [0, 0.05) is 26.2 Å². The third-order valence-corrected chi connectivity index (χ3v) is 19.6. The van der Waals surface area contributed by atoms with Gasteiger partial charge in [-0.15, -0.1) is 0 Å². The van der Waals surface area contributed by atoms with Gasteiger partial charge in [0.25, 0.3) is 5.69 Å². The fraction of sp³-hybridized carbons (Fsp3) is 0. The molecule has 8 heteroatoms. The van der Waals surface area contributed by atoms with E-state index in [1.54, 1.807) is 45.2 Å². The Kier molecular flexibility index (Phi) is 12.2. The first kappa shape index (κ1) is 36.7. The van der Waals surface area contributed by atoms with Crippen molar-refractivity contribution in [3.05, 3.63) is 211 Å². The predicted molar refractivity (Wildman–Crippen MR) is 234 cm³/mol. The summed E-state index contributed by atoms with van der Waals surface area (Å²) < 4.78 is 0.761. The summed E-state index contributed by atoms with van der Waals surface area (Å²) in [6, 6.07) is 69.6. The topological polar surface area (TPSA) is 66.2 Å². The summed E-state index contributed by atoms with van der Waals surface area (Å²) in [6.07, 6.45) is 0. The molecule has 0 aliphatic carbocycles. The second kappa shape index (κ2) is 17.0. The molecule has 0 radical (unpaired) electrons. The fourth-order valence-corrected chi connectivity index (χ4v) is 18.8. The second-order valence-corrected chi connectivity index (χ2v) is 20.8. The van der Waals surface area contributed by atoms with Gasteiger partial charge >= 0.3 is 0 Å². The Morgan fingerprint density at radius 2 is 0.765 bits per heavy atom. The van der Waals surface area contributed by atoms with Crippen LogP contribution in [0.3, 0.4) is 0 Å². The van der Waals surface area contributed by atoms with Crippen LogP contribution in [0.2, 0.25) is 0 Å². The summed E-state index contributed by atoms with van der Waals surface area (Å²) in [6.45, 7) is -2.25. The first-order chi connectivity index (χ1) is 24.9. The summed E-state index contributed by atoms with van der Waals surface area (Å²) in [5.74, 6) is -0.151. The quantitative estimate of drug-likeness (QED) is 0.0665. The number of benzene rings is 7. The van der Waals surface area contributed by atoms with E-state index >= 15 is 0 Å². The molecule has 0 aromatic heterocycles. The average Bonchev–Trinajstić information content (AvgIpc) is 3.20. The van der Waals surface area contributed by atoms with Crippen LogP contribution >= 0.6 is 59.3 Å². The number of non-ortho nitro benzene ring substituents is 1. The van der Waals surface area contributed by atoms with Crippen molar-refractivity contribution in [1.29, 1.82) is 0 Å². The molecule has 252 valence electrons. The van der Waals surface area contributed by atoms with Crippen LogP contribution in [0.4, 0.5) is 5.69 Å². The molecular weight excluding hydrogens is 894 g/mol. The first-order valence-electron chi connectivity index (χ1n) is 16.1. The van der Waals surface area contributed by atoms with Crippen molar-refractivity contribution in [3.63, 3.8) is 0 Å². The molecule has 0 bridgehead atoms. The zero-order valence-electron chi connectivity index (χ0n) is 27.4. The molecule has 0 unspecified atom stereocenters. The van der Waals surface area contributed by atoms with Gasteiger partial charge in [-0.1, -0.05) is 151 Å². The lowest BCUT2D eigenvalue weighted by molar-refractivity contribution is -0.385. The Morgan fingerprint density at radius 1 is 0.490 bits per heavy atom. The lowest BCUT2D eigenvalue weighted by atomic mass is 10.3. The minimum atomic E-state index is -2.25. The molecule has 4 nitrogen and oxygen atoms in total. The largest absolute Gasteiger partial charge is 0.871 e. The van der Waals surface area contributed by atoms with Gasteiger partial charge in [-0.05, 0) is 97.5 Å². The monoisotopic (exact) mass is 927 g/mol. The molecule has 7 aromatic carbocycles. The van der Waals surface area contributed by atoms with Crippen LogP contribution in [0.25, 0.3) is 0 Å². The number of nitrogens with zero attached hydrogens (tertiary/aromatic N) is 1. The average molecular weight is 927 g/mol. The predicted octanol–water partition coefficient (Wildman–Crippen LogP) is 8.61. The van der Waals surface area contributed by atoms with Gasteiger partial charge < -0.3 is 5.11 Å². The lowest BCUT2D eigenvalue weighted by Crippen LogP contribution is -2.36. The summed E-state index contributed by atoms with van der Waals surface area (Å²) in [4.78, 5) is 9.80. The molecule has 0 saturated carbocycles. The number of rotatable bonds is 8. The summed E-state index contributed by atoms with van der Waals surface area (Å²) in [5.41, 5.74) is 2.78. The lowest BCUT2D eigenvalue weighted by Gasteiger charge is -2.33. The highest BCUT2D eigenvalue weighted by Crippen LogP contribution is 2.60. The van der Waals surface area contributed by atoms with Crippen molar-refractivity contribution in [1.82, 2.24) is 0 Å². The van der Waals surface area contributed by atoms with E-state index in [-0.39, 0.29) is 11.4 Å². The Hall–Kier alpha value is -4.07. The third kappa shape index (κ3) is 7.90. The van der Waals surface area contributed by atoms with E-state index in [0.29, 0.717) is 7.14 Å². The highest BCUT2D eigenvalue weighted by molar-refractivity contribution is 14.1. The standard InChI is InChI=1S/C37H31P2.C6H3I2NO3/c1-7-19-32(20-8-1)38(33-21-9-2-10-22-33,34-23-11-3-12-24-34)31-39(35-25-13-4-14-26-35,36-27-15-5-16-28-36)37-29-17-6-18-30-37;7-4-1-3(9(11)12)2-5(8)6(4)10/h1-31H;1-2,10H/q+1;/p-1. The molecule has 51 heavy (non-hydrogen) atoms. The fourth-order valence-electron chi connectivity index (χ4n) is 6.18. The SMILES string of the molecule is C(=P(c1ccccc1)(c1ccccc1)c1ccccc1)[P+](c1ccccc1)(c1ccccc1)c1ccccc1.O=[N+]([O-])c1cc(I)c([O-])c(I)c1. The molecule has 7 rings (SSSR count). The number of nitro benzene ring substituents is 1. The van der Waals surface area contributed by atoms with Crippen molar-refractivity contribution in [2.75, 3.05) is 0 Å². The molecule has 0 saturated heterocycles. The smallest absolute Gasteiger partial charge is 0.271 e. The molecule has 7 aromatic rings. The number of hydrogen-bond acceptors (Lipinski definition) is 3. The van der Waals surface area contributed by atoms with Gasteiger partial charge in [-0.3, -0.25) is 10.1 Å². The van der Waals surface area contributed by atoms with Crippen molar-refractivity contribution in [2.24, 2.45) is 0 Å². The van der Waals surface area contributed by atoms with Crippen LogP contribution in [0.15, 0.2) is 194 Å². The first-order valence-corrected chi connectivity index (χ1v) is 22.0. The van der Waals surface area contributed by atoms with Gasteiger partial charge in [-0.2, -0.15) is 0 Å². The van der Waals surface area contributed by atoms with Crippen LogP contribution in [-0.4, -0.2) is 10.5 Å². The third-order valence-electron chi connectivity index (χ3n) is 8.52. The summed E-state index contributed by atoms with van der Waals surface area (Å²) in [7, 11) is -2.25. The van der Waals surface area contributed by atoms with Gasteiger partial charge in [0.2, 0.25) is 0 Å². The number of halogens is 2. The van der Waals surface area contributed by atoms with Crippen LogP contribution in [-0.2, 0) is 0 Å². The minimum Gasteiger partial charge on any atom is -0.871 e. The zero-order valence-corrected chi connectivity index (χ0v) is 33.5. The maximum atomic E-state index is 11.1. The van der Waals surface area contributed by atoms with E-state index in [9.17, 15) is 15.2 Å². The molecule has 0 heterocycles. The van der Waals surface area contributed by atoms with Crippen molar-refractivity contribution >= 4 is 102 Å². The number of nitro groups is 1. The van der Waals surface area contributed by atoms with Crippen LogP contribution in [0, 0.1) is 17.3 Å². The molecule has 0 atom stereocenters. The second-order valence-electron chi connectivity index (χ2n) is 11.6. The summed E-state index contributed by atoms with van der Waals surface area (Å²) in [5, 5.41) is 29.6. The van der Waals surface area contributed by atoms with Gasteiger partial charge in [0.15, 0.2) is 0 Å². The van der Waals surface area contributed by atoms with Gasteiger partial charge in [0.05, 0.1) is 10.5 Å². The maximum absolute atomic E-state index is 11.1.